The van der Waals surface area contributed by atoms with Gasteiger partial charge in [0.05, 0.1) is 5.56 Å². The number of rotatable bonds is 2. The molecule has 0 saturated carbocycles. The zero-order valence-corrected chi connectivity index (χ0v) is 10.3. The van der Waals surface area contributed by atoms with Gasteiger partial charge in [0.25, 0.3) is 0 Å². The van der Waals surface area contributed by atoms with Crippen molar-refractivity contribution in [3.05, 3.63) is 35.4 Å². The van der Waals surface area contributed by atoms with E-state index < -0.39 is 11.7 Å². The molecule has 1 atom stereocenters. The van der Waals surface area contributed by atoms with Gasteiger partial charge < -0.3 is 5.32 Å². The van der Waals surface area contributed by atoms with Crippen LogP contribution in [0.5, 0.6) is 0 Å². The van der Waals surface area contributed by atoms with E-state index >= 15 is 0 Å². The summed E-state index contributed by atoms with van der Waals surface area (Å²) in [4.78, 5) is 2.08. The van der Waals surface area contributed by atoms with E-state index in [0.29, 0.717) is 12.1 Å². The van der Waals surface area contributed by atoms with Crippen molar-refractivity contribution in [2.45, 2.75) is 19.1 Å². The Kier molecular flexibility index (Phi) is 3.92. The first-order valence-electron chi connectivity index (χ1n) is 6.15. The minimum Gasteiger partial charge on any atom is -0.314 e. The van der Waals surface area contributed by atoms with Crippen molar-refractivity contribution in [1.82, 2.24) is 10.2 Å². The normalized spacial score (nSPS) is 22.1. The second-order valence-electron chi connectivity index (χ2n) is 4.43. The van der Waals surface area contributed by atoms with Crippen molar-refractivity contribution in [2.75, 3.05) is 26.2 Å². The van der Waals surface area contributed by atoms with Crippen molar-refractivity contribution < 1.29 is 13.2 Å². The molecule has 18 heavy (non-hydrogen) atoms. The second kappa shape index (κ2) is 5.28. The fraction of sp³-hybridized carbons (Fsp3) is 0.538. The number of nitrogens with one attached hydrogen (secondary N) is 1. The van der Waals surface area contributed by atoms with Crippen LogP contribution in [0.3, 0.4) is 0 Å². The highest BCUT2D eigenvalue weighted by Gasteiger charge is 2.36. The molecule has 2 nitrogen and oxygen atoms in total. The Hall–Kier alpha value is -1.07. The third kappa shape index (κ3) is 2.67. The smallest absolute Gasteiger partial charge is 0.314 e. The van der Waals surface area contributed by atoms with Crippen molar-refractivity contribution in [2.24, 2.45) is 0 Å². The van der Waals surface area contributed by atoms with E-state index in [1.807, 2.05) is 6.92 Å². The SMILES string of the molecule is CCN1CCNCC1c1ccccc1C(F)(F)F. The summed E-state index contributed by atoms with van der Waals surface area (Å²) in [5, 5.41) is 3.17. The number of piperazine rings is 1. The fourth-order valence-electron chi connectivity index (χ4n) is 2.48. The molecule has 1 N–H and O–H groups in total. The molecular weight excluding hydrogens is 241 g/mol. The van der Waals surface area contributed by atoms with E-state index in [4.69, 9.17) is 0 Å². The van der Waals surface area contributed by atoms with Gasteiger partial charge in [0.1, 0.15) is 0 Å². The van der Waals surface area contributed by atoms with Gasteiger partial charge in [0, 0.05) is 25.7 Å². The highest BCUT2D eigenvalue weighted by atomic mass is 19.4. The van der Waals surface area contributed by atoms with E-state index in [9.17, 15) is 13.2 Å². The monoisotopic (exact) mass is 258 g/mol. The van der Waals surface area contributed by atoms with E-state index in [1.165, 1.54) is 6.07 Å². The predicted molar refractivity (Wildman–Crippen MR) is 64.3 cm³/mol. The largest absolute Gasteiger partial charge is 0.416 e. The molecule has 100 valence electrons. The van der Waals surface area contributed by atoms with E-state index in [1.54, 1.807) is 12.1 Å². The summed E-state index contributed by atoms with van der Waals surface area (Å²) in [7, 11) is 0. The number of nitrogens with zero attached hydrogens (tertiary/aromatic N) is 1. The van der Waals surface area contributed by atoms with Crippen LogP contribution in [0.4, 0.5) is 13.2 Å². The van der Waals surface area contributed by atoms with Gasteiger partial charge in [-0.2, -0.15) is 13.2 Å². The lowest BCUT2D eigenvalue weighted by molar-refractivity contribution is -0.138. The average molecular weight is 258 g/mol. The van der Waals surface area contributed by atoms with Crippen LogP contribution in [-0.4, -0.2) is 31.1 Å². The summed E-state index contributed by atoms with van der Waals surface area (Å²) >= 11 is 0. The van der Waals surface area contributed by atoms with Crippen LogP contribution < -0.4 is 5.32 Å². The molecule has 1 aliphatic rings. The van der Waals surface area contributed by atoms with E-state index in [0.717, 1.165) is 25.7 Å². The molecule has 0 aromatic heterocycles. The van der Waals surface area contributed by atoms with Gasteiger partial charge in [-0.25, -0.2) is 0 Å². The summed E-state index contributed by atoms with van der Waals surface area (Å²) < 4.78 is 39.0. The van der Waals surface area contributed by atoms with Gasteiger partial charge in [-0.05, 0) is 18.2 Å². The molecule has 0 aliphatic carbocycles. The number of benzene rings is 1. The summed E-state index contributed by atoms with van der Waals surface area (Å²) in [6.45, 7) is 4.93. The molecule has 5 heteroatoms. The van der Waals surface area contributed by atoms with Gasteiger partial charge in [-0.3, -0.25) is 4.90 Å². The summed E-state index contributed by atoms with van der Waals surface area (Å²) in [6, 6.07) is 5.67. The van der Waals surface area contributed by atoms with Gasteiger partial charge in [-0.15, -0.1) is 0 Å². The minimum atomic E-state index is -4.28. The number of halogens is 3. The van der Waals surface area contributed by atoms with Gasteiger partial charge in [0.2, 0.25) is 0 Å². The molecule has 0 spiro atoms. The maximum Gasteiger partial charge on any atom is 0.416 e. The lowest BCUT2D eigenvalue weighted by Gasteiger charge is -2.36. The Morgan fingerprint density at radius 2 is 2.06 bits per heavy atom. The lowest BCUT2D eigenvalue weighted by Crippen LogP contribution is -2.46. The Balaban J connectivity index is 2.37. The van der Waals surface area contributed by atoms with Crippen LogP contribution in [0.25, 0.3) is 0 Å². The van der Waals surface area contributed by atoms with Crippen LogP contribution in [-0.2, 0) is 6.18 Å². The maximum absolute atomic E-state index is 13.0. The molecule has 1 aromatic rings. The number of likely N-dealkylation sites (N-methyl/N-ethyl adjacent to an activating group) is 1. The highest BCUT2D eigenvalue weighted by molar-refractivity contribution is 5.33. The first-order chi connectivity index (χ1) is 8.54. The third-order valence-electron chi connectivity index (χ3n) is 3.39. The van der Waals surface area contributed by atoms with Gasteiger partial charge in [-0.1, -0.05) is 25.1 Å². The van der Waals surface area contributed by atoms with Gasteiger partial charge >= 0.3 is 6.18 Å². The van der Waals surface area contributed by atoms with Crippen molar-refractivity contribution in [3.63, 3.8) is 0 Å². The van der Waals surface area contributed by atoms with Crippen molar-refractivity contribution >= 4 is 0 Å². The molecule has 0 amide bonds. The molecule has 1 fully saturated rings. The summed E-state index contributed by atoms with van der Waals surface area (Å²) in [6.07, 6.45) is -4.28. The predicted octanol–water partition coefficient (Wildman–Crippen LogP) is 2.67. The first-order valence-corrected chi connectivity index (χ1v) is 6.15. The second-order valence-corrected chi connectivity index (χ2v) is 4.43. The summed E-state index contributed by atoms with van der Waals surface area (Å²) in [5.74, 6) is 0. The van der Waals surface area contributed by atoms with E-state index in [2.05, 4.69) is 10.2 Å². The number of hydrogen-bond acceptors (Lipinski definition) is 2. The topological polar surface area (TPSA) is 15.3 Å². The highest BCUT2D eigenvalue weighted by Crippen LogP contribution is 2.36. The Bertz CT molecular complexity index is 403. The maximum atomic E-state index is 13.0. The molecule has 1 heterocycles. The van der Waals surface area contributed by atoms with Crippen LogP contribution in [0.15, 0.2) is 24.3 Å². The molecular formula is C13H17F3N2. The lowest BCUT2D eigenvalue weighted by atomic mass is 9.97. The van der Waals surface area contributed by atoms with Crippen LogP contribution >= 0.6 is 0 Å². The fourth-order valence-corrected chi connectivity index (χ4v) is 2.48. The summed E-state index contributed by atoms with van der Waals surface area (Å²) in [5.41, 5.74) is -0.142. The first kappa shape index (κ1) is 13.4. The molecule has 0 radical (unpaired) electrons. The minimum absolute atomic E-state index is 0.193. The Morgan fingerprint density at radius 1 is 1.33 bits per heavy atom. The van der Waals surface area contributed by atoms with Crippen molar-refractivity contribution in [1.29, 1.82) is 0 Å². The third-order valence-corrected chi connectivity index (χ3v) is 3.39. The molecule has 1 aromatic carbocycles. The quantitative estimate of drug-likeness (QED) is 0.877. The number of hydrogen-bond donors (Lipinski definition) is 1. The van der Waals surface area contributed by atoms with Crippen LogP contribution in [0, 0.1) is 0 Å². The molecule has 1 saturated heterocycles. The van der Waals surface area contributed by atoms with Gasteiger partial charge in [0.15, 0.2) is 0 Å². The zero-order valence-electron chi connectivity index (χ0n) is 10.3. The van der Waals surface area contributed by atoms with E-state index in [-0.39, 0.29) is 6.04 Å². The average Bonchev–Trinajstić information content (AvgIpc) is 2.37. The number of alkyl halides is 3. The molecule has 1 aliphatic heterocycles. The molecule has 1 unspecified atom stereocenters. The Labute approximate surface area is 105 Å². The Morgan fingerprint density at radius 3 is 2.72 bits per heavy atom. The van der Waals surface area contributed by atoms with Crippen molar-refractivity contribution in [3.8, 4) is 0 Å². The van der Waals surface area contributed by atoms with Crippen LogP contribution in [0.1, 0.15) is 24.1 Å². The molecule has 0 bridgehead atoms. The van der Waals surface area contributed by atoms with Crippen LogP contribution in [0.2, 0.25) is 0 Å². The standard InChI is InChI=1S/C13H17F3N2/c1-2-18-8-7-17-9-12(18)10-5-3-4-6-11(10)13(14,15)16/h3-6,12,17H,2,7-9H2,1H3. The molecule has 2 rings (SSSR count). The zero-order chi connectivity index (χ0) is 13.2.